The van der Waals surface area contributed by atoms with Crippen molar-refractivity contribution in [1.82, 2.24) is 4.90 Å². The maximum absolute atomic E-state index is 6.12. The molecule has 1 heterocycles. The fourth-order valence-corrected chi connectivity index (χ4v) is 2.83. The van der Waals surface area contributed by atoms with Gasteiger partial charge in [0.05, 0.1) is 0 Å². The van der Waals surface area contributed by atoms with Gasteiger partial charge in [0.2, 0.25) is 0 Å². The van der Waals surface area contributed by atoms with Gasteiger partial charge in [-0.25, -0.2) is 0 Å². The van der Waals surface area contributed by atoms with Gasteiger partial charge in [0.15, 0.2) is 0 Å². The predicted octanol–water partition coefficient (Wildman–Crippen LogP) is 1.99. The van der Waals surface area contributed by atoms with Crippen LogP contribution in [0.5, 0.6) is 0 Å². The summed E-state index contributed by atoms with van der Waals surface area (Å²) in [5.74, 6) is 0.859. The van der Waals surface area contributed by atoms with Crippen LogP contribution in [0.4, 0.5) is 0 Å². The monoisotopic (exact) mass is 196 g/mol. The summed E-state index contributed by atoms with van der Waals surface area (Å²) in [7, 11) is 0. The largest absolute Gasteiger partial charge is 0.325 e. The molecule has 1 aliphatic carbocycles. The Morgan fingerprint density at radius 3 is 2.43 bits per heavy atom. The molecule has 1 unspecified atom stereocenters. The van der Waals surface area contributed by atoms with Gasteiger partial charge in [-0.1, -0.05) is 6.92 Å². The number of rotatable bonds is 3. The predicted molar refractivity (Wildman–Crippen MR) is 60.2 cm³/mol. The summed E-state index contributed by atoms with van der Waals surface area (Å²) in [5.41, 5.74) is 6.75. The third kappa shape index (κ3) is 2.12. The molecule has 2 fully saturated rings. The Morgan fingerprint density at radius 1 is 1.36 bits per heavy atom. The Kier molecular flexibility index (Phi) is 2.39. The molecular weight excluding hydrogens is 172 g/mol. The van der Waals surface area contributed by atoms with Crippen molar-refractivity contribution in [3.63, 3.8) is 0 Å². The van der Waals surface area contributed by atoms with Crippen LogP contribution >= 0.6 is 0 Å². The van der Waals surface area contributed by atoms with Crippen molar-refractivity contribution in [3.8, 4) is 0 Å². The van der Waals surface area contributed by atoms with Crippen LogP contribution in [0.2, 0.25) is 0 Å². The molecule has 2 N–H and O–H groups in total. The first-order chi connectivity index (χ1) is 6.41. The lowest BCUT2D eigenvalue weighted by Gasteiger charge is -2.32. The van der Waals surface area contributed by atoms with Crippen molar-refractivity contribution in [3.05, 3.63) is 0 Å². The van der Waals surface area contributed by atoms with Gasteiger partial charge >= 0.3 is 0 Å². The van der Waals surface area contributed by atoms with Crippen LogP contribution in [-0.2, 0) is 0 Å². The number of nitrogens with zero attached hydrogens (tertiary/aromatic N) is 1. The van der Waals surface area contributed by atoms with Crippen molar-refractivity contribution in [2.24, 2.45) is 11.7 Å². The molecule has 2 nitrogen and oxygen atoms in total. The molecule has 0 bridgehead atoms. The van der Waals surface area contributed by atoms with Crippen molar-refractivity contribution in [1.29, 1.82) is 0 Å². The molecule has 0 aromatic heterocycles. The van der Waals surface area contributed by atoms with Gasteiger partial charge in [0.25, 0.3) is 0 Å². The zero-order valence-corrected chi connectivity index (χ0v) is 9.84. The quantitative estimate of drug-likeness (QED) is 0.748. The van der Waals surface area contributed by atoms with E-state index >= 15 is 0 Å². The number of hydrogen-bond donors (Lipinski definition) is 1. The van der Waals surface area contributed by atoms with Crippen LogP contribution in [0.15, 0.2) is 0 Å². The van der Waals surface area contributed by atoms with Crippen LogP contribution in [-0.4, -0.2) is 29.1 Å². The molecular formula is C12H24N2. The zero-order valence-electron chi connectivity index (χ0n) is 9.84. The van der Waals surface area contributed by atoms with E-state index in [1.54, 1.807) is 0 Å². The highest BCUT2D eigenvalue weighted by molar-refractivity contribution is 5.00. The van der Waals surface area contributed by atoms with Crippen molar-refractivity contribution < 1.29 is 0 Å². The SMILES string of the molecule is CC1CN(CCC2(N)CC2)C(C)(C)C1. The molecule has 14 heavy (non-hydrogen) atoms. The molecule has 0 amide bonds. The van der Waals surface area contributed by atoms with Crippen LogP contribution in [0.1, 0.15) is 46.5 Å². The molecule has 0 aromatic rings. The number of likely N-dealkylation sites (tertiary alicyclic amines) is 1. The van der Waals surface area contributed by atoms with E-state index in [4.69, 9.17) is 5.73 Å². The molecule has 2 aliphatic rings. The highest BCUT2D eigenvalue weighted by Gasteiger charge is 2.41. The van der Waals surface area contributed by atoms with E-state index in [9.17, 15) is 0 Å². The van der Waals surface area contributed by atoms with E-state index < -0.39 is 0 Å². The third-order valence-electron chi connectivity index (χ3n) is 4.01. The Bertz CT molecular complexity index is 218. The van der Waals surface area contributed by atoms with E-state index in [1.807, 2.05) is 0 Å². The average molecular weight is 196 g/mol. The Labute approximate surface area is 87.8 Å². The molecule has 0 aromatic carbocycles. The van der Waals surface area contributed by atoms with Gasteiger partial charge in [-0.3, -0.25) is 4.90 Å². The van der Waals surface area contributed by atoms with Crippen LogP contribution in [0, 0.1) is 5.92 Å². The molecule has 1 saturated heterocycles. The first-order valence-electron chi connectivity index (χ1n) is 5.95. The van der Waals surface area contributed by atoms with Crippen LogP contribution in [0.25, 0.3) is 0 Å². The van der Waals surface area contributed by atoms with Gasteiger partial charge in [-0.2, -0.15) is 0 Å². The molecule has 0 radical (unpaired) electrons. The summed E-state index contributed by atoms with van der Waals surface area (Å²) in [5, 5.41) is 0. The summed E-state index contributed by atoms with van der Waals surface area (Å²) in [6.45, 7) is 9.56. The van der Waals surface area contributed by atoms with E-state index in [0.29, 0.717) is 5.54 Å². The fraction of sp³-hybridized carbons (Fsp3) is 1.00. The Morgan fingerprint density at radius 2 is 2.00 bits per heavy atom. The molecule has 2 heteroatoms. The minimum atomic E-state index is 0.224. The van der Waals surface area contributed by atoms with Crippen molar-refractivity contribution in [2.45, 2.75) is 57.5 Å². The highest BCUT2D eigenvalue weighted by Crippen LogP contribution is 2.38. The summed E-state index contributed by atoms with van der Waals surface area (Å²) in [4.78, 5) is 2.63. The second-order valence-corrected chi connectivity index (χ2v) is 6.18. The lowest BCUT2D eigenvalue weighted by molar-refractivity contribution is 0.167. The maximum Gasteiger partial charge on any atom is 0.0167 e. The fourth-order valence-electron chi connectivity index (χ4n) is 2.83. The molecule has 2 rings (SSSR count). The Hall–Kier alpha value is -0.0800. The maximum atomic E-state index is 6.12. The third-order valence-corrected chi connectivity index (χ3v) is 4.01. The van der Waals surface area contributed by atoms with E-state index in [2.05, 4.69) is 25.7 Å². The molecule has 1 aliphatic heterocycles. The minimum Gasteiger partial charge on any atom is -0.325 e. The van der Waals surface area contributed by atoms with Crippen LogP contribution in [0.3, 0.4) is 0 Å². The van der Waals surface area contributed by atoms with Gasteiger partial charge in [0.1, 0.15) is 0 Å². The van der Waals surface area contributed by atoms with E-state index in [1.165, 1.54) is 38.8 Å². The second-order valence-electron chi connectivity index (χ2n) is 6.18. The first kappa shape index (κ1) is 10.4. The Balaban J connectivity index is 1.85. The smallest absolute Gasteiger partial charge is 0.0167 e. The summed E-state index contributed by atoms with van der Waals surface area (Å²) >= 11 is 0. The standard InChI is InChI=1S/C12H24N2/c1-10-8-11(2,3)14(9-10)7-6-12(13)4-5-12/h10H,4-9,13H2,1-3H3. The molecule has 1 saturated carbocycles. The number of hydrogen-bond acceptors (Lipinski definition) is 2. The first-order valence-corrected chi connectivity index (χ1v) is 5.95. The molecule has 1 atom stereocenters. The van der Waals surface area contributed by atoms with Gasteiger partial charge < -0.3 is 5.73 Å². The van der Waals surface area contributed by atoms with Crippen molar-refractivity contribution >= 4 is 0 Å². The summed E-state index contributed by atoms with van der Waals surface area (Å²) < 4.78 is 0. The second kappa shape index (κ2) is 3.21. The lowest BCUT2D eigenvalue weighted by atomic mass is 9.97. The van der Waals surface area contributed by atoms with Crippen LogP contribution < -0.4 is 5.73 Å². The lowest BCUT2D eigenvalue weighted by Crippen LogP contribution is -2.41. The molecule has 0 spiro atoms. The normalized spacial score (nSPS) is 34.7. The van der Waals surface area contributed by atoms with Crippen molar-refractivity contribution in [2.75, 3.05) is 13.1 Å². The molecule has 82 valence electrons. The van der Waals surface area contributed by atoms with Gasteiger partial charge in [-0.15, -0.1) is 0 Å². The highest BCUT2D eigenvalue weighted by atomic mass is 15.2. The minimum absolute atomic E-state index is 0.224. The van der Waals surface area contributed by atoms with E-state index in [0.717, 1.165) is 5.92 Å². The summed E-state index contributed by atoms with van der Waals surface area (Å²) in [6, 6.07) is 0. The van der Waals surface area contributed by atoms with Gasteiger partial charge in [0, 0.05) is 24.2 Å². The van der Waals surface area contributed by atoms with E-state index in [-0.39, 0.29) is 5.54 Å². The average Bonchev–Trinajstić information content (AvgIpc) is 2.70. The number of nitrogens with two attached hydrogens (primary N) is 1. The zero-order chi connectivity index (χ0) is 10.4. The topological polar surface area (TPSA) is 29.3 Å². The summed E-state index contributed by atoms with van der Waals surface area (Å²) in [6.07, 6.45) is 5.03. The van der Waals surface area contributed by atoms with Gasteiger partial charge in [-0.05, 0) is 45.4 Å².